The molecule has 0 spiro atoms. The van der Waals surface area contributed by atoms with E-state index in [0.717, 1.165) is 37.5 Å². The molecule has 4 rings (SSSR count). The Labute approximate surface area is 242 Å². The first-order valence-electron chi connectivity index (χ1n) is 15.0. The summed E-state index contributed by atoms with van der Waals surface area (Å²) in [4.78, 5) is 12.7. The van der Waals surface area contributed by atoms with Crippen LogP contribution in [0.2, 0.25) is 0 Å². The third-order valence-corrected chi connectivity index (χ3v) is 10.4. The summed E-state index contributed by atoms with van der Waals surface area (Å²) in [5.41, 5.74) is 0.754. The summed E-state index contributed by atoms with van der Waals surface area (Å²) >= 11 is 0. The van der Waals surface area contributed by atoms with Crippen LogP contribution in [0.1, 0.15) is 99.3 Å². The van der Waals surface area contributed by atoms with Gasteiger partial charge in [-0.1, -0.05) is 45.6 Å². The van der Waals surface area contributed by atoms with Gasteiger partial charge in [0.1, 0.15) is 0 Å². The minimum atomic E-state index is -4.84. The van der Waals surface area contributed by atoms with Gasteiger partial charge < -0.3 is 14.6 Å². The zero-order chi connectivity index (χ0) is 29.8. The van der Waals surface area contributed by atoms with E-state index in [0.29, 0.717) is 62.6 Å². The lowest BCUT2D eigenvalue weighted by molar-refractivity contribution is -0.0995. The summed E-state index contributed by atoms with van der Waals surface area (Å²) in [6, 6.07) is 1.72. The number of aromatic nitrogens is 1. The predicted octanol–water partition coefficient (Wildman–Crippen LogP) is 6.11. The highest BCUT2D eigenvalue weighted by atomic mass is 32.2. The number of hydrogen-bond acceptors (Lipinski definition) is 4. The monoisotopic (exact) mass is 599 g/mol. The Bertz CT molecular complexity index is 1240. The summed E-state index contributed by atoms with van der Waals surface area (Å²) in [7, 11) is -4.35. The predicted molar refractivity (Wildman–Crippen MR) is 153 cm³/mol. The molecule has 7 nitrogen and oxygen atoms in total. The molecule has 2 heterocycles. The second-order valence-corrected chi connectivity index (χ2v) is 13.5. The Morgan fingerprint density at radius 2 is 1.80 bits per heavy atom. The molecule has 2 fully saturated rings. The van der Waals surface area contributed by atoms with Crippen LogP contribution >= 0.6 is 0 Å². The van der Waals surface area contributed by atoms with Gasteiger partial charge in [0.05, 0.1) is 16.0 Å². The number of halogens is 3. The van der Waals surface area contributed by atoms with Gasteiger partial charge in [-0.2, -0.15) is 13.2 Å². The zero-order valence-corrected chi connectivity index (χ0v) is 25.2. The molecule has 1 saturated heterocycles. The number of rotatable bonds is 10. The van der Waals surface area contributed by atoms with Crippen LogP contribution in [0.5, 0.6) is 0 Å². The largest absolute Gasteiger partial charge is 0.414 e. The molecule has 230 valence electrons. The number of nitrogens with zero attached hydrogens (tertiary/aromatic N) is 1. The minimum Gasteiger partial charge on any atom is -0.381 e. The summed E-state index contributed by atoms with van der Waals surface area (Å²) in [5, 5.41) is 3.09. The van der Waals surface area contributed by atoms with E-state index in [-0.39, 0.29) is 18.5 Å². The van der Waals surface area contributed by atoms with E-state index < -0.39 is 38.5 Å². The normalized spacial score (nSPS) is 23.3. The summed E-state index contributed by atoms with van der Waals surface area (Å²) in [6.07, 6.45) is 6.00. The van der Waals surface area contributed by atoms with Crippen molar-refractivity contribution in [3.05, 3.63) is 45.6 Å². The maximum atomic E-state index is 14.5. The number of ether oxygens (including phenoxy) is 1. The number of alkyl halides is 3. The van der Waals surface area contributed by atoms with Gasteiger partial charge in [-0.25, -0.2) is 13.1 Å². The highest BCUT2D eigenvalue weighted by Gasteiger charge is 2.46. The molecule has 0 bridgehead atoms. The van der Waals surface area contributed by atoms with Crippen LogP contribution in [0.15, 0.2) is 28.7 Å². The number of amides is 1. The van der Waals surface area contributed by atoms with Gasteiger partial charge in [-0.05, 0) is 63.0 Å². The van der Waals surface area contributed by atoms with E-state index in [2.05, 4.69) is 10.0 Å². The molecule has 1 aliphatic heterocycles. The molecule has 2 aliphatic carbocycles. The number of carbonyl (C=O) groups is 1. The number of allylic oxidation sites excluding steroid dienone is 3. The first-order valence-corrected chi connectivity index (χ1v) is 16.5. The van der Waals surface area contributed by atoms with Crippen molar-refractivity contribution in [1.82, 2.24) is 14.6 Å². The van der Waals surface area contributed by atoms with E-state index in [9.17, 15) is 26.4 Å². The highest BCUT2D eigenvalue weighted by molar-refractivity contribution is 7.93. The summed E-state index contributed by atoms with van der Waals surface area (Å²) in [5.74, 6) is -1.77. The second kappa shape index (κ2) is 13.5. The molecule has 41 heavy (non-hydrogen) atoms. The average Bonchev–Trinajstić information content (AvgIpc) is 3.24. The van der Waals surface area contributed by atoms with Crippen LogP contribution in [0.25, 0.3) is 0 Å². The van der Waals surface area contributed by atoms with Gasteiger partial charge in [0.25, 0.3) is 5.91 Å². The fourth-order valence-corrected chi connectivity index (χ4v) is 7.87. The Hall–Kier alpha value is -2.11. The Morgan fingerprint density at radius 3 is 2.44 bits per heavy atom. The van der Waals surface area contributed by atoms with Crippen molar-refractivity contribution in [3.63, 3.8) is 0 Å². The van der Waals surface area contributed by atoms with E-state index in [1.807, 2.05) is 18.4 Å². The molecule has 1 amide bonds. The molecule has 1 aromatic heterocycles. The smallest absolute Gasteiger partial charge is 0.381 e. The van der Waals surface area contributed by atoms with Crippen LogP contribution in [0, 0.1) is 18.8 Å². The van der Waals surface area contributed by atoms with Crippen LogP contribution < -0.4 is 10.0 Å². The van der Waals surface area contributed by atoms with E-state index in [1.54, 1.807) is 12.1 Å². The third-order valence-electron chi connectivity index (χ3n) is 8.84. The maximum Gasteiger partial charge on any atom is 0.414 e. The molecule has 2 atom stereocenters. The van der Waals surface area contributed by atoms with Gasteiger partial charge >= 0.3 is 6.18 Å². The molecule has 1 saturated carbocycles. The van der Waals surface area contributed by atoms with Gasteiger partial charge in [0.15, 0.2) is 0 Å². The number of nitrogens with one attached hydrogen (secondary N) is 2. The van der Waals surface area contributed by atoms with Crippen molar-refractivity contribution in [1.29, 1.82) is 0 Å². The van der Waals surface area contributed by atoms with Gasteiger partial charge in [0, 0.05) is 49.7 Å². The molecule has 1 aromatic rings. The minimum absolute atomic E-state index is 0.0120. The number of unbranched alkanes of at least 4 members (excludes halogenated alkanes) is 1. The van der Waals surface area contributed by atoms with E-state index in [1.165, 1.54) is 13.3 Å². The number of hydrogen-bond donors (Lipinski definition) is 2. The maximum absolute atomic E-state index is 14.5. The first kappa shape index (κ1) is 31.8. The molecule has 2 N–H and O–H groups in total. The lowest BCUT2D eigenvalue weighted by Crippen LogP contribution is -2.39. The lowest BCUT2D eigenvalue weighted by Gasteiger charge is -2.32. The Morgan fingerprint density at radius 1 is 1.12 bits per heavy atom. The van der Waals surface area contributed by atoms with Crippen molar-refractivity contribution >= 4 is 15.9 Å². The van der Waals surface area contributed by atoms with Crippen molar-refractivity contribution in [2.45, 2.75) is 103 Å². The SMILES string of the molecule is CCCCNS(=O)(=O)C1=C(C(F)(F)F)C(C)C(c2cc(C(=O)NC3CCOCC3)c(C)n2CC2CCCCC2)C=C1. The fourth-order valence-electron chi connectivity index (χ4n) is 6.45. The van der Waals surface area contributed by atoms with Gasteiger partial charge in [0.2, 0.25) is 10.0 Å². The van der Waals surface area contributed by atoms with E-state index in [4.69, 9.17) is 4.74 Å². The van der Waals surface area contributed by atoms with Crippen LogP contribution in [0.4, 0.5) is 13.2 Å². The molecule has 2 unspecified atom stereocenters. The third kappa shape index (κ3) is 7.46. The summed E-state index contributed by atoms with van der Waals surface area (Å²) < 4.78 is 79.3. The first-order chi connectivity index (χ1) is 19.4. The highest BCUT2D eigenvalue weighted by Crippen LogP contribution is 2.46. The van der Waals surface area contributed by atoms with Crippen LogP contribution in [0.3, 0.4) is 0 Å². The zero-order valence-electron chi connectivity index (χ0n) is 24.4. The molecule has 0 aromatic carbocycles. The second-order valence-electron chi connectivity index (χ2n) is 11.7. The number of carbonyl (C=O) groups excluding carboxylic acids is 1. The standard InChI is InChI=1S/C30H44F3N3O4S/c1-4-5-15-34-41(38,39)27-12-11-24(20(2)28(27)30(31,32)33)26-18-25(29(37)35-23-13-16-40-17-14-23)21(3)36(26)19-22-9-7-6-8-10-22/h11-12,18,20,22-24,34H,4-10,13-17,19H2,1-3H3,(H,35,37). The molecular weight excluding hydrogens is 555 g/mol. The van der Waals surface area contributed by atoms with Crippen molar-refractivity contribution in [2.24, 2.45) is 11.8 Å². The van der Waals surface area contributed by atoms with Gasteiger partial charge in [-0.3, -0.25) is 4.79 Å². The fraction of sp³-hybridized carbons (Fsp3) is 0.700. The van der Waals surface area contributed by atoms with Crippen molar-refractivity contribution in [2.75, 3.05) is 19.8 Å². The lowest BCUT2D eigenvalue weighted by atomic mass is 9.80. The van der Waals surface area contributed by atoms with Crippen molar-refractivity contribution < 1.29 is 31.1 Å². The Kier molecular flexibility index (Phi) is 10.4. The molecule has 11 heteroatoms. The Balaban J connectivity index is 1.72. The topological polar surface area (TPSA) is 89.4 Å². The van der Waals surface area contributed by atoms with Crippen LogP contribution in [-0.4, -0.2) is 50.9 Å². The van der Waals surface area contributed by atoms with Crippen molar-refractivity contribution in [3.8, 4) is 0 Å². The van der Waals surface area contributed by atoms with Crippen LogP contribution in [-0.2, 0) is 21.3 Å². The van der Waals surface area contributed by atoms with E-state index >= 15 is 0 Å². The molecule has 3 aliphatic rings. The quantitative estimate of drug-likeness (QED) is 0.318. The summed E-state index contributed by atoms with van der Waals surface area (Å²) in [6.45, 7) is 7.03. The average molecular weight is 600 g/mol. The van der Waals surface area contributed by atoms with Gasteiger partial charge in [-0.15, -0.1) is 0 Å². The molecular formula is C30H44F3N3O4S. The molecule has 0 radical (unpaired) electrons. The number of sulfonamides is 1.